The Balaban J connectivity index is 1.93. The Morgan fingerprint density at radius 2 is 2.22 bits per heavy atom. The van der Waals surface area contributed by atoms with Gasteiger partial charge < -0.3 is 9.47 Å². The molecule has 124 valence electrons. The SMILES string of the molecule is C#CC(C=CC1CC=COC1)OC(=O)C1C(C=C(C)C)C1(C)C. The molecule has 2 rings (SSSR count). The molecule has 1 fully saturated rings. The van der Waals surface area contributed by atoms with Gasteiger partial charge in [-0.25, -0.2) is 0 Å². The summed E-state index contributed by atoms with van der Waals surface area (Å²) in [4.78, 5) is 12.4. The lowest BCUT2D eigenvalue weighted by molar-refractivity contribution is -0.147. The average molecular weight is 314 g/mol. The van der Waals surface area contributed by atoms with E-state index in [0.717, 1.165) is 6.42 Å². The molecule has 1 aliphatic heterocycles. The molecule has 0 saturated heterocycles. The Bertz CT molecular complexity index is 570. The number of hydrogen-bond donors (Lipinski definition) is 0. The first kappa shape index (κ1) is 17.4. The molecule has 0 amide bonds. The van der Waals surface area contributed by atoms with Crippen LogP contribution in [0.1, 0.15) is 34.1 Å². The van der Waals surface area contributed by atoms with Crippen molar-refractivity contribution < 1.29 is 14.3 Å². The number of ether oxygens (including phenoxy) is 2. The van der Waals surface area contributed by atoms with Crippen LogP contribution >= 0.6 is 0 Å². The average Bonchev–Trinajstić information content (AvgIpc) is 3.04. The fourth-order valence-electron chi connectivity index (χ4n) is 3.06. The van der Waals surface area contributed by atoms with E-state index >= 15 is 0 Å². The van der Waals surface area contributed by atoms with Gasteiger partial charge in [0.15, 0.2) is 6.10 Å². The van der Waals surface area contributed by atoms with Crippen molar-refractivity contribution in [3.8, 4) is 12.3 Å². The van der Waals surface area contributed by atoms with Gasteiger partial charge in [-0.2, -0.15) is 0 Å². The highest BCUT2D eigenvalue weighted by Crippen LogP contribution is 2.59. The minimum absolute atomic E-state index is 0.0563. The van der Waals surface area contributed by atoms with Crippen LogP contribution in [0.5, 0.6) is 0 Å². The zero-order valence-corrected chi connectivity index (χ0v) is 14.4. The quantitative estimate of drug-likeness (QED) is 0.439. The Morgan fingerprint density at radius 1 is 1.48 bits per heavy atom. The molecule has 0 aromatic rings. The van der Waals surface area contributed by atoms with E-state index in [-0.39, 0.29) is 29.1 Å². The van der Waals surface area contributed by atoms with Crippen molar-refractivity contribution in [2.24, 2.45) is 23.2 Å². The van der Waals surface area contributed by atoms with Crippen LogP contribution in [-0.4, -0.2) is 18.7 Å². The number of carbonyl (C=O) groups excluding carboxylic acids is 1. The number of carbonyl (C=O) groups is 1. The Labute approximate surface area is 139 Å². The molecule has 3 heteroatoms. The van der Waals surface area contributed by atoms with Crippen LogP contribution in [0, 0.1) is 35.5 Å². The van der Waals surface area contributed by atoms with Crippen molar-refractivity contribution in [3.05, 3.63) is 36.1 Å². The molecule has 2 aliphatic rings. The molecular weight excluding hydrogens is 288 g/mol. The predicted octanol–water partition coefficient (Wildman–Crippen LogP) is 3.88. The Hall–Kier alpha value is -1.95. The highest BCUT2D eigenvalue weighted by Gasteiger charge is 2.61. The van der Waals surface area contributed by atoms with Crippen LogP contribution in [0.15, 0.2) is 36.1 Å². The fourth-order valence-corrected chi connectivity index (χ4v) is 3.06. The molecule has 1 heterocycles. The van der Waals surface area contributed by atoms with E-state index in [4.69, 9.17) is 15.9 Å². The first-order valence-electron chi connectivity index (χ1n) is 8.13. The van der Waals surface area contributed by atoms with E-state index in [1.165, 1.54) is 5.57 Å². The van der Waals surface area contributed by atoms with Crippen molar-refractivity contribution >= 4 is 5.97 Å². The molecule has 0 bridgehead atoms. The van der Waals surface area contributed by atoms with Gasteiger partial charge in [0.25, 0.3) is 0 Å². The standard InChI is InChI=1S/C20H26O3/c1-6-16(10-9-15-8-7-11-22-13-15)23-19(21)18-17(12-14(2)3)20(18,4)5/h1,7,9-12,15-18H,8,13H2,2-5H3. The van der Waals surface area contributed by atoms with Crippen molar-refractivity contribution in [1.82, 2.24) is 0 Å². The smallest absolute Gasteiger partial charge is 0.311 e. The summed E-state index contributed by atoms with van der Waals surface area (Å²) in [6.45, 7) is 8.91. The molecule has 4 atom stereocenters. The van der Waals surface area contributed by atoms with Crippen molar-refractivity contribution in [2.45, 2.75) is 40.2 Å². The maximum Gasteiger partial charge on any atom is 0.311 e. The second-order valence-electron chi connectivity index (χ2n) is 7.18. The minimum Gasteiger partial charge on any atom is -0.501 e. The lowest BCUT2D eigenvalue weighted by Gasteiger charge is -2.15. The highest BCUT2D eigenvalue weighted by atomic mass is 16.5. The molecule has 0 aromatic carbocycles. The number of terminal acetylenes is 1. The third-order valence-corrected chi connectivity index (χ3v) is 4.58. The molecule has 3 nitrogen and oxygen atoms in total. The van der Waals surface area contributed by atoms with E-state index in [1.54, 1.807) is 12.3 Å². The maximum atomic E-state index is 12.4. The van der Waals surface area contributed by atoms with E-state index in [9.17, 15) is 4.79 Å². The Kier molecular flexibility index (Phi) is 5.36. The van der Waals surface area contributed by atoms with Gasteiger partial charge in [0.1, 0.15) is 0 Å². The zero-order valence-electron chi connectivity index (χ0n) is 14.4. The summed E-state index contributed by atoms with van der Waals surface area (Å²) in [5.74, 6) is 2.74. The third kappa shape index (κ3) is 4.28. The van der Waals surface area contributed by atoms with E-state index < -0.39 is 6.10 Å². The van der Waals surface area contributed by atoms with E-state index in [2.05, 4.69) is 25.8 Å². The molecule has 1 saturated carbocycles. The number of esters is 1. The first-order chi connectivity index (χ1) is 10.9. The summed E-state index contributed by atoms with van der Waals surface area (Å²) in [5.41, 5.74) is 1.16. The molecule has 4 unspecified atom stereocenters. The maximum absolute atomic E-state index is 12.4. The lowest BCUT2D eigenvalue weighted by atomic mass is 10.0. The summed E-state index contributed by atoms with van der Waals surface area (Å²) in [6, 6.07) is 0. The van der Waals surface area contributed by atoms with Gasteiger partial charge in [0.05, 0.1) is 18.8 Å². The number of hydrogen-bond acceptors (Lipinski definition) is 3. The monoisotopic (exact) mass is 314 g/mol. The fraction of sp³-hybridized carbons (Fsp3) is 0.550. The third-order valence-electron chi connectivity index (χ3n) is 4.58. The van der Waals surface area contributed by atoms with Gasteiger partial charge >= 0.3 is 5.97 Å². The predicted molar refractivity (Wildman–Crippen MR) is 91.2 cm³/mol. The van der Waals surface area contributed by atoms with Crippen molar-refractivity contribution in [1.29, 1.82) is 0 Å². The van der Waals surface area contributed by atoms with Crippen LogP contribution in [0.2, 0.25) is 0 Å². The van der Waals surface area contributed by atoms with Crippen LogP contribution in [0.3, 0.4) is 0 Å². The van der Waals surface area contributed by atoms with Gasteiger partial charge in [0.2, 0.25) is 0 Å². The van der Waals surface area contributed by atoms with Gasteiger partial charge in [-0.05, 0) is 43.8 Å². The second kappa shape index (κ2) is 7.08. The van der Waals surface area contributed by atoms with Crippen LogP contribution in [-0.2, 0) is 14.3 Å². The molecule has 0 radical (unpaired) electrons. The summed E-state index contributed by atoms with van der Waals surface area (Å²) in [7, 11) is 0. The van der Waals surface area contributed by atoms with Gasteiger partial charge in [-0.15, -0.1) is 6.42 Å². The normalized spacial score (nSPS) is 29.3. The van der Waals surface area contributed by atoms with Gasteiger partial charge in [0, 0.05) is 5.92 Å². The topological polar surface area (TPSA) is 35.5 Å². The summed E-state index contributed by atoms with van der Waals surface area (Å²) < 4.78 is 10.8. The second-order valence-corrected chi connectivity index (χ2v) is 7.18. The largest absolute Gasteiger partial charge is 0.501 e. The number of allylic oxidation sites excluding steroid dienone is 3. The van der Waals surface area contributed by atoms with Crippen molar-refractivity contribution in [3.63, 3.8) is 0 Å². The minimum atomic E-state index is -0.614. The summed E-state index contributed by atoms with van der Waals surface area (Å²) in [6.07, 6.45) is 15.4. The molecule has 0 spiro atoms. The first-order valence-corrected chi connectivity index (χ1v) is 8.13. The van der Waals surface area contributed by atoms with Crippen LogP contribution < -0.4 is 0 Å². The van der Waals surface area contributed by atoms with Gasteiger partial charge in [-0.3, -0.25) is 4.79 Å². The summed E-state index contributed by atoms with van der Waals surface area (Å²) in [5, 5.41) is 0. The lowest BCUT2D eigenvalue weighted by Crippen LogP contribution is -2.18. The van der Waals surface area contributed by atoms with Crippen molar-refractivity contribution in [2.75, 3.05) is 6.61 Å². The Morgan fingerprint density at radius 3 is 2.78 bits per heavy atom. The molecule has 0 N–H and O–H groups in total. The number of rotatable bonds is 5. The van der Waals surface area contributed by atoms with E-state index in [1.807, 2.05) is 26.0 Å². The van der Waals surface area contributed by atoms with Gasteiger partial charge in [-0.1, -0.05) is 37.5 Å². The highest BCUT2D eigenvalue weighted by molar-refractivity contribution is 5.78. The molecule has 1 aliphatic carbocycles. The van der Waals surface area contributed by atoms with Crippen LogP contribution in [0.25, 0.3) is 0 Å². The summed E-state index contributed by atoms with van der Waals surface area (Å²) >= 11 is 0. The zero-order chi connectivity index (χ0) is 17.0. The molecule has 23 heavy (non-hydrogen) atoms. The molecular formula is C20H26O3. The molecule has 0 aromatic heterocycles. The van der Waals surface area contributed by atoms with E-state index in [0.29, 0.717) is 6.61 Å². The van der Waals surface area contributed by atoms with Crippen LogP contribution in [0.4, 0.5) is 0 Å².